The minimum absolute atomic E-state index is 0.00333. The number of piperazine rings is 1. The molecule has 8 nitrogen and oxygen atoms in total. The third kappa shape index (κ3) is 4.96. The van der Waals surface area contributed by atoms with E-state index >= 15 is 0 Å². The zero-order valence-electron chi connectivity index (χ0n) is 19.3. The average molecular weight is 451 g/mol. The van der Waals surface area contributed by atoms with Crippen molar-refractivity contribution < 1.29 is 19.1 Å². The molecule has 0 radical (unpaired) electrons. The number of aromatic nitrogens is 1. The van der Waals surface area contributed by atoms with Crippen molar-refractivity contribution in [1.82, 2.24) is 20.1 Å². The van der Waals surface area contributed by atoms with Crippen LogP contribution in [0, 0.1) is 0 Å². The van der Waals surface area contributed by atoms with Crippen molar-refractivity contribution in [2.24, 2.45) is 0 Å². The van der Waals surface area contributed by atoms with Gasteiger partial charge in [-0.15, -0.1) is 0 Å². The topological polar surface area (TPSA) is 86.9 Å². The number of rotatable bonds is 7. The minimum atomic E-state index is -0.282. The molecule has 174 valence electrons. The van der Waals surface area contributed by atoms with Gasteiger partial charge < -0.3 is 24.7 Å². The van der Waals surface area contributed by atoms with Gasteiger partial charge in [0, 0.05) is 43.6 Å². The predicted molar refractivity (Wildman–Crippen MR) is 127 cm³/mol. The molecule has 0 saturated carbocycles. The number of carbonyl (C=O) groups is 2. The van der Waals surface area contributed by atoms with Crippen molar-refractivity contribution >= 4 is 22.7 Å². The lowest BCUT2D eigenvalue weighted by Crippen LogP contribution is -2.54. The van der Waals surface area contributed by atoms with E-state index in [-0.39, 0.29) is 17.9 Å². The highest BCUT2D eigenvalue weighted by molar-refractivity contribution is 5.98. The number of aromatic amines is 1. The van der Waals surface area contributed by atoms with Crippen LogP contribution in [0.4, 0.5) is 0 Å². The number of nitrogens with zero attached hydrogens (tertiary/aromatic N) is 2. The Labute approximate surface area is 193 Å². The normalized spacial score (nSPS) is 15.3. The van der Waals surface area contributed by atoms with Crippen LogP contribution in [0.25, 0.3) is 10.9 Å². The van der Waals surface area contributed by atoms with Crippen molar-refractivity contribution in [3.05, 3.63) is 59.8 Å². The minimum Gasteiger partial charge on any atom is -0.493 e. The molecule has 2 amide bonds. The van der Waals surface area contributed by atoms with Crippen LogP contribution < -0.4 is 14.8 Å². The van der Waals surface area contributed by atoms with E-state index in [4.69, 9.17) is 9.47 Å². The van der Waals surface area contributed by atoms with Crippen LogP contribution in [0.1, 0.15) is 23.0 Å². The van der Waals surface area contributed by atoms with Crippen LogP contribution in [-0.4, -0.2) is 73.0 Å². The first kappa shape index (κ1) is 22.7. The molecule has 1 aromatic heterocycles. The maximum atomic E-state index is 12.9. The first-order valence-electron chi connectivity index (χ1n) is 11.1. The molecular weight excluding hydrogens is 420 g/mol. The van der Waals surface area contributed by atoms with E-state index < -0.39 is 0 Å². The van der Waals surface area contributed by atoms with E-state index in [1.165, 1.54) is 0 Å². The molecule has 1 fully saturated rings. The Morgan fingerprint density at radius 1 is 1.00 bits per heavy atom. The molecule has 0 aliphatic carbocycles. The summed E-state index contributed by atoms with van der Waals surface area (Å²) in [5, 5.41) is 4.02. The maximum Gasteiger partial charge on any atom is 0.270 e. The van der Waals surface area contributed by atoms with Crippen molar-refractivity contribution in [2.75, 3.05) is 40.4 Å². The average Bonchev–Trinajstić information content (AvgIpc) is 3.30. The van der Waals surface area contributed by atoms with E-state index in [1.807, 2.05) is 60.4 Å². The molecule has 2 N–H and O–H groups in total. The van der Waals surface area contributed by atoms with Crippen molar-refractivity contribution in [1.29, 1.82) is 0 Å². The molecule has 2 aromatic carbocycles. The Hall–Kier alpha value is -3.52. The van der Waals surface area contributed by atoms with Gasteiger partial charge in [0.2, 0.25) is 5.91 Å². The van der Waals surface area contributed by atoms with Crippen LogP contribution in [0.5, 0.6) is 11.5 Å². The molecule has 0 spiro atoms. The maximum absolute atomic E-state index is 12.9. The summed E-state index contributed by atoms with van der Waals surface area (Å²) in [7, 11) is 3.18. The monoisotopic (exact) mass is 450 g/mol. The quantitative estimate of drug-likeness (QED) is 0.578. The van der Waals surface area contributed by atoms with Gasteiger partial charge in [0.05, 0.1) is 20.3 Å². The highest BCUT2D eigenvalue weighted by atomic mass is 16.5. The number of ether oxygens (including phenoxy) is 2. The van der Waals surface area contributed by atoms with E-state index in [0.717, 1.165) is 16.5 Å². The Morgan fingerprint density at radius 2 is 1.73 bits per heavy atom. The fraction of sp³-hybridized carbons (Fsp3) is 0.360. The highest BCUT2D eigenvalue weighted by Crippen LogP contribution is 2.27. The van der Waals surface area contributed by atoms with Gasteiger partial charge in [0.1, 0.15) is 5.69 Å². The van der Waals surface area contributed by atoms with Crippen LogP contribution in [0.15, 0.2) is 48.5 Å². The number of hydrogen-bond donors (Lipinski definition) is 2. The molecule has 8 heteroatoms. The zero-order chi connectivity index (χ0) is 23.4. The number of carbonyl (C=O) groups excluding carboxylic acids is 2. The summed E-state index contributed by atoms with van der Waals surface area (Å²) in [6.45, 7) is 4.78. The highest BCUT2D eigenvalue weighted by Gasteiger charge is 2.28. The second-order valence-electron chi connectivity index (χ2n) is 8.18. The number of benzene rings is 2. The number of nitrogens with one attached hydrogen (secondary N) is 2. The molecule has 4 rings (SSSR count). The zero-order valence-corrected chi connectivity index (χ0v) is 19.3. The van der Waals surface area contributed by atoms with Crippen LogP contribution >= 0.6 is 0 Å². The molecule has 1 unspecified atom stereocenters. The smallest absolute Gasteiger partial charge is 0.270 e. The van der Waals surface area contributed by atoms with Crippen LogP contribution in [0.3, 0.4) is 0 Å². The van der Waals surface area contributed by atoms with E-state index in [0.29, 0.717) is 49.9 Å². The fourth-order valence-corrected chi connectivity index (χ4v) is 4.16. The van der Waals surface area contributed by atoms with E-state index in [2.05, 4.69) is 15.2 Å². The third-order valence-electron chi connectivity index (χ3n) is 6.20. The molecule has 0 bridgehead atoms. The first-order valence-corrected chi connectivity index (χ1v) is 11.1. The molecule has 2 heterocycles. The number of amides is 2. The van der Waals surface area contributed by atoms with Gasteiger partial charge >= 0.3 is 0 Å². The predicted octanol–water partition coefficient (Wildman–Crippen LogP) is 2.65. The Bertz CT molecular complexity index is 1100. The lowest BCUT2D eigenvalue weighted by atomic mass is 10.1. The molecule has 1 saturated heterocycles. The summed E-state index contributed by atoms with van der Waals surface area (Å²) in [4.78, 5) is 32.8. The van der Waals surface area contributed by atoms with Crippen molar-refractivity contribution in [2.45, 2.75) is 19.5 Å². The summed E-state index contributed by atoms with van der Waals surface area (Å²) >= 11 is 0. The van der Waals surface area contributed by atoms with Gasteiger partial charge in [0.25, 0.3) is 5.91 Å². The molecule has 3 aromatic rings. The van der Waals surface area contributed by atoms with Crippen molar-refractivity contribution in [3.63, 3.8) is 0 Å². The lowest BCUT2D eigenvalue weighted by molar-refractivity contribution is -0.126. The van der Waals surface area contributed by atoms with Gasteiger partial charge in [-0.1, -0.05) is 24.3 Å². The van der Waals surface area contributed by atoms with E-state index in [9.17, 15) is 9.59 Å². The number of hydrogen-bond acceptors (Lipinski definition) is 5. The molecule has 33 heavy (non-hydrogen) atoms. The van der Waals surface area contributed by atoms with Crippen LogP contribution in [0.2, 0.25) is 0 Å². The summed E-state index contributed by atoms with van der Waals surface area (Å²) in [5.41, 5.74) is 2.49. The van der Waals surface area contributed by atoms with Gasteiger partial charge in [-0.2, -0.15) is 0 Å². The first-order chi connectivity index (χ1) is 16.0. The summed E-state index contributed by atoms with van der Waals surface area (Å²) in [6, 6.07) is 15.1. The summed E-state index contributed by atoms with van der Waals surface area (Å²) < 4.78 is 10.6. The van der Waals surface area contributed by atoms with E-state index in [1.54, 1.807) is 14.2 Å². The standard InChI is InChI=1S/C25H30N4O4/c1-17(24(30)26-16-18-8-9-22(32-2)23(14-18)33-3)28-10-12-29(13-11-28)25(31)21-15-19-6-4-5-7-20(19)27-21/h4-9,14-15,17,27H,10-13,16H2,1-3H3,(H,26,30). The molecule has 1 aliphatic heterocycles. The van der Waals surface area contributed by atoms with Crippen LogP contribution in [-0.2, 0) is 11.3 Å². The number of H-pyrrole nitrogens is 1. The Balaban J connectivity index is 1.29. The second kappa shape index (κ2) is 9.95. The van der Waals surface area contributed by atoms with Gasteiger partial charge in [-0.05, 0) is 36.8 Å². The van der Waals surface area contributed by atoms with Gasteiger partial charge in [0.15, 0.2) is 11.5 Å². The molecule has 1 atom stereocenters. The lowest BCUT2D eigenvalue weighted by Gasteiger charge is -2.37. The van der Waals surface area contributed by atoms with Gasteiger partial charge in [-0.25, -0.2) is 0 Å². The largest absolute Gasteiger partial charge is 0.493 e. The molecule has 1 aliphatic rings. The fourth-order valence-electron chi connectivity index (χ4n) is 4.16. The molecular formula is C25H30N4O4. The summed E-state index contributed by atoms with van der Waals surface area (Å²) in [6.07, 6.45) is 0. The number of para-hydroxylation sites is 1. The third-order valence-corrected chi connectivity index (χ3v) is 6.20. The van der Waals surface area contributed by atoms with Gasteiger partial charge in [-0.3, -0.25) is 14.5 Å². The SMILES string of the molecule is COc1ccc(CNC(=O)C(C)N2CCN(C(=O)c3cc4ccccc4[nH]3)CC2)cc1OC. The number of fused-ring (bicyclic) bond motifs is 1. The Kier molecular flexibility index (Phi) is 6.84. The number of methoxy groups -OCH3 is 2. The summed E-state index contributed by atoms with van der Waals surface area (Å²) in [5.74, 6) is 1.24. The second-order valence-corrected chi connectivity index (χ2v) is 8.18. The Morgan fingerprint density at radius 3 is 2.42 bits per heavy atom. The van der Waals surface area contributed by atoms with Crippen molar-refractivity contribution in [3.8, 4) is 11.5 Å².